The lowest BCUT2D eigenvalue weighted by atomic mass is 10.1. The van der Waals surface area contributed by atoms with E-state index in [4.69, 9.17) is 5.11 Å². The molecule has 0 aliphatic heterocycles. The Morgan fingerprint density at radius 1 is 1.53 bits per heavy atom. The first-order valence-electron chi connectivity index (χ1n) is 5.65. The first kappa shape index (κ1) is 11.9. The molecule has 1 aromatic heterocycles. The van der Waals surface area contributed by atoms with E-state index in [1.54, 1.807) is 13.0 Å². The number of pyridine rings is 1. The molecule has 17 heavy (non-hydrogen) atoms. The predicted molar refractivity (Wildman–Crippen MR) is 62.9 cm³/mol. The molecule has 1 aromatic rings. The fraction of sp³-hybridized carbons (Fsp3) is 0.500. The van der Waals surface area contributed by atoms with E-state index in [9.17, 15) is 9.59 Å². The van der Waals surface area contributed by atoms with Crippen LogP contribution in [-0.4, -0.2) is 29.1 Å². The standard InChI is InChI=1S/C12H16N2O3/c1-8-2-3-9(11(17)14-8)10(16)13-6-12(7-15)4-5-12/h2-3,15H,4-7H2,1H3,(H,13,16)(H,14,17). The number of aromatic amines is 1. The highest BCUT2D eigenvalue weighted by molar-refractivity contribution is 5.93. The Morgan fingerprint density at radius 2 is 2.24 bits per heavy atom. The highest BCUT2D eigenvalue weighted by Gasteiger charge is 2.42. The summed E-state index contributed by atoms with van der Waals surface area (Å²) in [6.45, 7) is 2.27. The van der Waals surface area contributed by atoms with Crippen molar-refractivity contribution in [3.8, 4) is 0 Å². The number of hydrogen-bond acceptors (Lipinski definition) is 3. The second kappa shape index (κ2) is 4.33. The molecule has 0 saturated heterocycles. The van der Waals surface area contributed by atoms with Gasteiger partial charge in [0, 0.05) is 17.7 Å². The highest BCUT2D eigenvalue weighted by Crippen LogP contribution is 2.44. The first-order chi connectivity index (χ1) is 8.06. The van der Waals surface area contributed by atoms with Crippen LogP contribution in [0, 0.1) is 12.3 Å². The van der Waals surface area contributed by atoms with Crippen LogP contribution in [0.15, 0.2) is 16.9 Å². The number of amides is 1. The molecule has 0 unspecified atom stereocenters. The van der Waals surface area contributed by atoms with Gasteiger partial charge in [-0.25, -0.2) is 0 Å². The van der Waals surface area contributed by atoms with Gasteiger partial charge in [-0.15, -0.1) is 0 Å². The van der Waals surface area contributed by atoms with Crippen LogP contribution < -0.4 is 10.9 Å². The van der Waals surface area contributed by atoms with Gasteiger partial charge in [-0.2, -0.15) is 0 Å². The Hall–Kier alpha value is -1.62. The van der Waals surface area contributed by atoms with E-state index in [-0.39, 0.29) is 29.1 Å². The molecule has 5 nitrogen and oxygen atoms in total. The highest BCUT2D eigenvalue weighted by atomic mass is 16.3. The van der Waals surface area contributed by atoms with Gasteiger partial charge in [-0.05, 0) is 31.9 Å². The molecule has 1 amide bonds. The molecule has 1 aliphatic carbocycles. The summed E-state index contributed by atoms with van der Waals surface area (Å²) in [6, 6.07) is 3.21. The molecule has 1 fully saturated rings. The van der Waals surface area contributed by atoms with Crippen LogP contribution in [0.25, 0.3) is 0 Å². The summed E-state index contributed by atoms with van der Waals surface area (Å²) in [5.74, 6) is -0.383. The minimum Gasteiger partial charge on any atom is -0.396 e. The number of hydrogen-bond donors (Lipinski definition) is 3. The first-order valence-corrected chi connectivity index (χ1v) is 5.65. The van der Waals surface area contributed by atoms with Gasteiger partial charge in [0.15, 0.2) is 0 Å². The van der Waals surface area contributed by atoms with Crippen molar-refractivity contribution < 1.29 is 9.90 Å². The van der Waals surface area contributed by atoms with E-state index >= 15 is 0 Å². The fourth-order valence-corrected chi connectivity index (χ4v) is 1.68. The summed E-state index contributed by atoms with van der Waals surface area (Å²) < 4.78 is 0. The molecule has 1 saturated carbocycles. The molecular weight excluding hydrogens is 220 g/mol. The van der Waals surface area contributed by atoms with Gasteiger partial charge < -0.3 is 15.4 Å². The number of rotatable bonds is 4. The zero-order valence-corrected chi connectivity index (χ0v) is 9.75. The Bertz CT molecular complexity index is 489. The van der Waals surface area contributed by atoms with Gasteiger partial charge in [0.25, 0.3) is 11.5 Å². The molecule has 0 aromatic carbocycles. The number of aryl methyl sites for hydroxylation is 1. The third-order valence-corrected chi connectivity index (χ3v) is 3.22. The average molecular weight is 236 g/mol. The number of aliphatic hydroxyl groups excluding tert-OH is 1. The van der Waals surface area contributed by atoms with E-state index in [1.165, 1.54) is 6.07 Å². The molecule has 0 spiro atoms. The number of carbonyl (C=O) groups excluding carboxylic acids is 1. The van der Waals surface area contributed by atoms with Gasteiger partial charge in [0.1, 0.15) is 5.56 Å². The third kappa shape index (κ3) is 2.55. The summed E-state index contributed by atoms with van der Waals surface area (Å²) in [4.78, 5) is 25.9. The monoisotopic (exact) mass is 236 g/mol. The second-order valence-corrected chi connectivity index (χ2v) is 4.72. The quantitative estimate of drug-likeness (QED) is 0.697. The lowest BCUT2D eigenvalue weighted by Crippen LogP contribution is -2.35. The van der Waals surface area contributed by atoms with Crippen LogP contribution in [0.3, 0.4) is 0 Å². The Balaban J connectivity index is 2.02. The molecule has 92 valence electrons. The normalized spacial score (nSPS) is 16.6. The van der Waals surface area contributed by atoms with Crippen LogP contribution in [-0.2, 0) is 0 Å². The van der Waals surface area contributed by atoms with Gasteiger partial charge in [-0.1, -0.05) is 0 Å². The molecule has 1 aliphatic rings. The largest absolute Gasteiger partial charge is 0.396 e. The van der Waals surface area contributed by atoms with Crippen molar-refractivity contribution in [3.05, 3.63) is 33.7 Å². The summed E-state index contributed by atoms with van der Waals surface area (Å²) >= 11 is 0. The van der Waals surface area contributed by atoms with Gasteiger partial charge in [0.2, 0.25) is 0 Å². The SMILES string of the molecule is Cc1ccc(C(=O)NCC2(CO)CC2)c(=O)[nH]1. The van der Waals surface area contributed by atoms with E-state index < -0.39 is 0 Å². The maximum atomic E-state index is 11.8. The van der Waals surface area contributed by atoms with Crippen molar-refractivity contribution in [3.63, 3.8) is 0 Å². The minimum absolute atomic E-state index is 0.0809. The maximum absolute atomic E-state index is 11.8. The van der Waals surface area contributed by atoms with Gasteiger partial charge >= 0.3 is 0 Å². The summed E-state index contributed by atoms with van der Waals surface area (Å²) in [6.07, 6.45) is 1.85. The summed E-state index contributed by atoms with van der Waals surface area (Å²) in [5.41, 5.74) is 0.314. The molecule has 1 heterocycles. The zero-order valence-electron chi connectivity index (χ0n) is 9.75. The van der Waals surface area contributed by atoms with E-state index in [0.717, 1.165) is 18.5 Å². The Labute approximate surface area is 98.9 Å². The molecule has 3 N–H and O–H groups in total. The van der Waals surface area contributed by atoms with Crippen LogP contribution in [0.1, 0.15) is 28.9 Å². The molecule has 2 rings (SSSR count). The third-order valence-electron chi connectivity index (χ3n) is 3.22. The van der Waals surface area contributed by atoms with Crippen LogP contribution in [0.2, 0.25) is 0 Å². The number of aromatic nitrogens is 1. The van der Waals surface area contributed by atoms with E-state index in [1.807, 2.05) is 0 Å². The van der Waals surface area contributed by atoms with Crippen molar-refractivity contribution in [2.45, 2.75) is 19.8 Å². The second-order valence-electron chi connectivity index (χ2n) is 4.72. The molecule has 0 radical (unpaired) electrons. The summed E-state index contributed by atoms with van der Waals surface area (Å²) in [5, 5.41) is 11.8. The van der Waals surface area contributed by atoms with Crippen molar-refractivity contribution >= 4 is 5.91 Å². The van der Waals surface area contributed by atoms with Crippen molar-refractivity contribution in [1.82, 2.24) is 10.3 Å². The van der Waals surface area contributed by atoms with Crippen molar-refractivity contribution in [2.24, 2.45) is 5.41 Å². The van der Waals surface area contributed by atoms with E-state index in [2.05, 4.69) is 10.3 Å². The van der Waals surface area contributed by atoms with Gasteiger partial charge in [-0.3, -0.25) is 9.59 Å². The summed E-state index contributed by atoms with van der Waals surface area (Å²) in [7, 11) is 0. The molecule has 5 heteroatoms. The van der Waals surface area contributed by atoms with Crippen LogP contribution >= 0.6 is 0 Å². The maximum Gasteiger partial charge on any atom is 0.260 e. The number of carbonyl (C=O) groups is 1. The minimum atomic E-state index is -0.383. The molecule has 0 bridgehead atoms. The molecule has 0 atom stereocenters. The topological polar surface area (TPSA) is 82.2 Å². The lowest BCUT2D eigenvalue weighted by Gasteiger charge is -2.12. The zero-order chi connectivity index (χ0) is 12.5. The Morgan fingerprint density at radius 3 is 2.76 bits per heavy atom. The Kier molecular flexibility index (Phi) is 3.02. The van der Waals surface area contributed by atoms with Crippen LogP contribution in [0.5, 0.6) is 0 Å². The fourth-order valence-electron chi connectivity index (χ4n) is 1.68. The average Bonchev–Trinajstić information content (AvgIpc) is 3.07. The van der Waals surface area contributed by atoms with Crippen molar-refractivity contribution in [2.75, 3.05) is 13.2 Å². The van der Waals surface area contributed by atoms with Gasteiger partial charge in [0.05, 0.1) is 6.61 Å². The number of H-pyrrole nitrogens is 1. The molecular formula is C12H16N2O3. The smallest absolute Gasteiger partial charge is 0.260 e. The van der Waals surface area contributed by atoms with Crippen molar-refractivity contribution in [1.29, 1.82) is 0 Å². The number of aliphatic hydroxyl groups is 1. The van der Waals surface area contributed by atoms with Crippen LogP contribution in [0.4, 0.5) is 0 Å². The lowest BCUT2D eigenvalue weighted by molar-refractivity contribution is 0.0933. The predicted octanol–water partition coefficient (Wildman–Crippen LogP) is 0.186. The number of nitrogens with one attached hydrogen (secondary N) is 2. The van der Waals surface area contributed by atoms with E-state index in [0.29, 0.717) is 6.54 Å².